The minimum absolute atomic E-state index is 0.0102. The van der Waals surface area contributed by atoms with Gasteiger partial charge in [0.25, 0.3) is 29.2 Å². The molecule has 3 aliphatic rings. The van der Waals surface area contributed by atoms with Crippen LogP contribution in [0.15, 0.2) is 58.4 Å². The van der Waals surface area contributed by atoms with Crippen LogP contribution >= 0.6 is 11.3 Å². The van der Waals surface area contributed by atoms with Crippen molar-refractivity contribution in [3.8, 4) is 28.4 Å². The standard InChI is InChI=1S/C42H45N7O12S2/c1-48-20-27(37-26(40(48)54)19-32(62-37)38(43)46-24-12-16-63(57,58)17-13-24)23-8-10-29(31(18-23)59-2)60-21-34(51)44-14-3-4-15-45-35(52)22-61-30-7-5-6-25-36(30)42(56)49(41(25)55)28-9-11-33(50)47-39(28)53/h5-8,10,18-20,24,28H,3-4,9,11-17,21-22H2,1-2H3,(H2,43,46)(H,44,51)(H,45,52)(H,47,50,53). The summed E-state index contributed by atoms with van der Waals surface area (Å²) in [6.07, 6.45) is 3.56. The zero-order chi connectivity index (χ0) is 45.0. The number of methoxy groups -OCH3 is 1. The fourth-order valence-corrected chi connectivity index (χ4v) is 10.1. The van der Waals surface area contributed by atoms with E-state index in [2.05, 4.69) is 20.9 Å². The molecule has 2 aromatic carbocycles. The van der Waals surface area contributed by atoms with Crippen molar-refractivity contribution in [2.75, 3.05) is 44.9 Å². The Morgan fingerprint density at radius 3 is 2.24 bits per heavy atom. The highest BCUT2D eigenvalue weighted by Gasteiger charge is 2.46. The number of rotatable bonds is 16. The van der Waals surface area contributed by atoms with E-state index >= 15 is 0 Å². The maximum atomic E-state index is 13.2. The molecule has 5 heterocycles. The molecule has 6 amide bonds. The minimum Gasteiger partial charge on any atom is -0.493 e. The van der Waals surface area contributed by atoms with Gasteiger partial charge in [-0.2, -0.15) is 0 Å². The number of carbonyl (C=O) groups is 6. The van der Waals surface area contributed by atoms with Gasteiger partial charge < -0.3 is 35.1 Å². The van der Waals surface area contributed by atoms with Gasteiger partial charge in [0.2, 0.25) is 11.8 Å². The first-order chi connectivity index (χ1) is 30.1. The zero-order valence-corrected chi connectivity index (χ0v) is 36.0. The van der Waals surface area contributed by atoms with Gasteiger partial charge in [-0.25, -0.2) is 8.42 Å². The molecule has 332 valence electrons. The van der Waals surface area contributed by atoms with E-state index in [1.54, 1.807) is 37.5 Å². The van der Waals surface area contributed by atoms with E-state index in [1.165, 1.54) is 41.2 Å². The van der Waals surface area contributed by atoms with Crippen LogP contribution in [0.1, 0.15) is 64.1 Å². The van der Waals surface area contributed by atoms with E-state index in [1.807, 2.05) is 0 Å². The number of imide groups is 2. The number of thiophene rings is 1. The predicted octanol–water partition coefficient (Wildman–Crippen LogP) is 1.43. The Labute approximate surface area is 364 Å². The van der Waals surface area contributed by atoms with Crippen molar-refractivity contribution in [1.29, 1.82) is 0 Å². The summed E-state index contributed by atoms with van der Waals surface area (Å²) in [5.41, 5.74) is 7.60. The van der Waals surface area contributed by atoms with E-state index in [9.17, 15) is 42.0 Å². The van der Waals surface area contributed by atoms with Crippen LogP contribution in [0.3, 0.4) is 0 Å². The average molecular weight is 904 g/mol. The van der Waals surface area contributed by atoms with Gasteiger partial charge in [-0.3, -0.25) is 48.8 Å². The first kappa shape index (κ1) is 44.4. The number of carbonyl (C=O) groups excluding carboxylic acids is 6. The fraction of sp³-hybridized carbons (Fsp3) is 0.381. The second-order valence-corrected chi connectivity index (χ2v) is 18.5. The average Bonchev–Trinajstić information content (AvgIpc) is 3.82. The van der Waals surface area contributed by atoms with Gasteiger partial charge in [0.15, 0.2) is 24.7 Å². The minimum atomic E-state index is -3.05. The molecule has 0 aliphatic carbocycles. The van der Waals surface area contributed by atoms with Gasteiger partial charge in [0.1, 0.15) is 27.5 Å². The molecule has 1 atom stereocenters. The summed E-state index contributed by atoms with van der Waals surface area (Å²) in [6.45, 7) is -0.154. The molecule has 0 saturated carbocycles. The van der Waals surface area contributed by atoms with Crippen LogP contribution in [0.2, 0.25) is 0 Å². The normalized spacial score (nSPS) is 17.7. The monoisotopic (exact) mass is 903 g/mol. The van der Waals surface area contributed by atoms with Gasteiger partial charge in [-0.1, -0.05) is 12.1 Å². The maximum Gasteiger partial charge on any atom is 0.266 e. The molecule has 4 aromatic rings. The summed E-state index contributed by atoms with van der Waals surface area (Å²) >= 11 is 1.32. The van der Waals surface area contributed by atoms with Crippen LogP contribution in [0.5, 0.6) is 17.2 Å². The molecule has 7 rings (SSSR count). The van der Waals surface area contributed by atoms with Gasteiger partial charge in [-0.15, -0.1) is 11.3 Å². The number of nitrogens with two attached hydrogens (primary N) is 1. The molecule has 19 nitrogen and oxygen atoms in total. The Bertz CT molecular complexity index is 2710. The van der Waals surface area contributed by atoms with E-state index in [0.717, 1.165) is 16.0 Å². The lowest BCUT2D eigenvalue weighted by atomic mass is 10.0. The molecular formula is C42H45N7O12S2. The second-order valence-electron chi connectivity index (χ2n) is 15.2. The van der Waals surface area contributed by atoms with E-state index in [4.69, 9.17) is 19.9 Å². The summed E-state index contributed by atoms with van der Waals surface area (Å²) in [5, 5.41) is 8.08. The Balaban J connectivity index is 0.860. The summed E-state index contributed by atoms with van der Waals surface area (Å²) in [5.74, 6) is -2.41. The molecule has 5 N–H and O–H groups in total. The van der Waals surface area contributed by atoms with E-state index < -0.39 is 52.0 Å². The number of aliphatic imine (C=N–C) groups is 1. The van der Waals surface area contributed by atoms with Crippen molar-refractivity contribution in [2.24, 2.45) is 17.8 Å². The number of pyridine rings is 1. The van der Waals surface area contributed by atoms with Gasteiger partial charge in [0.05, 0.1) is 46.0 Å². The van der Waals surface area contributed by atoms with Crippen LogP contribution in [-0.2, 0) is 36.1 Å². The lowest BCUT2D eigenvalue weighted by Gasteiger charge is -2.27. The second kappa shape index (κ2) is 18.8. The Hall–Kier alpha value is -6.61. The van der Waals surface area contributed by atoms with Gasteiger partial charge >= 0.3 is 0 Å². The molecule has 2 saturated heterocycles. The number of amidine groups is 1. The lowest BCUT2D eigenvalue weighted by Crippen LogP contribution is -2.54. The number of fused-ring (bicyclic) bond motifs is 2. The largest absolute Gasteiger partial charge is 0.493 e. The number of benzene rings is 2. The summed E-state index contributed by atoms with van der Waals surface area (Å²) < 4.78 is 42.9. The van der Waals surface area contributed by atoms with Crippen molar-refractivity contribution in [3.05, 3.63) is 75.0 Å². The lowest BCUT2D eigenvalue weighted by molar-refractivity contribution is -0.136. The first-order valence-corrected chi connectivity index (χ1v) is 22.8. The Morgan fingerprint density at radius 1 is 0.889 bits per heavy atom. The first-order valence-electron chi connectivity index (χ1n) is 20.1. The van der Waals surface area contributed by atoms with Crippen LogP contribution in [-0.4, -0.2) is 116 Å². The van der Waals surface area contributed by atoms with Crippen molar-refractivity contribution >= 4 is 72.5 Å². The van der Waals surface area contributed by atoms with E-state index in [0.29, 0.717) is 58.7 Å². The molecule has 2 fully saturated rings. The fourth-order valence-electron chi connectivity index (χ4n) is 7.50. The number of amides is 6. The number of ether oxygens (including phenoxy) is 3. The third kappa shape index (κ3) is 9.88. The molecule has 0 bridgehead atoms. The molecule has 2 aromatic heterocycles. The highest BCUT2D eigenvalue weighted by Crippen LogP contribution is 2.38. The number of piperidine rings is 1. The number of sulfone groups is 1. The molecule has 0 radical (unpaired) electrons. The third-order valence-corrected chi connectivity index (χ3v) is 13.7. The predicted molar refractivity (Wildman–Crippen MR) is 231 cm³/mol. The Morgan fingerprint density at radius 2 is 1.57 bits per heavy atom. The van der Waals surface area contributed by atoms with Crippen molar-refractivity contribution < 1.29 is 51.4 Å². The van der Waals surface area contributed by atoms with Gasteiger partial charge in [0, 0.05) is 43.0 Å². The summed E-state index contributed by atoms with van der Waals surface area (Å²) in [4.78, 5) is 94.5. The summed E-state index contributed by atoms with van der Waals surface area (Å²) in [6, 6.07) is 9.95. The highest BCUT2D eigenvalue weighted by atomic mass is 32.2. The zero-order valence-electron chi connectivity index (χ0n) is 34.4. The maximum absolute atomic E-state index is 13.2. The van der Waals surface area contributed by atoms with E-state index in [-0.39, 0.29) is 77.7 Å². The molecule has 63 heavy (non-hydrogen) atoms. The number of hydrogen-bond acceptors (Lipinski definition) is 14. The quantitative estimate of drug-likeness (QED) is 0.0538. The molecule has 0 spiro atoms. The molecule has 21 heteroatoms. The summed E-state index contributed by atoms with van der Waals surface area (Å²) in [7, 11) is 0.0713. The number of nitrogens with one attached hydrogen (secondary N) is 3. The van der Waals surface area contributed by atoms with Crippen molar-refractivity contribution in [1.82, 2.24) is 25.4 Å². The SMILES string of the molecule is COc1cc(-c2cn(C)c(=O)c3cc(C(N)=NC4CCS(=O)(=O)CC4)sc23)ccc1OCC(=O)NCCCCNC(=O)COc1cccc2c1C(=O)N(C1CCC(=O)NC1=O)C2=O. The number of hydrogen-bond donors (Lipinski definition) is 4. The van der Waals surface area contributed by atoms with Crippen molar-refractivity contribution in [3.63, 3.8) is 0 Å². The number of aryl methyl sites for hydroxylation is 1. The van der Waals surface area contributed by atoms with Crippen LogP contribution < -0.4 is 41.5 Å². The molecular weight excluding hydrogens is 859 g/mol. The Kier molecular flexibility index (Phi) is 13.3. The smallest absolute Gasteiger partial charge is 0.266 e. The van der Waals surface area contributed by atoms with Crippen LogP contribution in [0.4, 0.5) is 0 Å². The van der Waals surface area contributed by atoms with Crippen LogP contribution in [0, 0.1) is 0 Å². The molecule has 1 unspecified atom stereocenters. The van der Waals surface area contributed by atoms with Crippen molar-refractivity contribution in [2.45, 2.75) is 50.6 Å². The topological polar surface area (TPSA) is 264 Å². The highest BCUT2D eigenvalue weighted by molar-refractivity contribution is 7.91. The number of nitrogens with zero attached hydrogens (tertiary/aromatic N) is 3. The molecule has 3 aliphatic heterocycles. The van der Waals surface area contributed by atoms with Crippen LogP contribution in [0.25, 0.3) is 21.2 Å². The number of unbranched alkanes of at least 4 members (excludes halogenated alkanes) is 1. The third-order valence-electron chi connectivity index (χ3n) is 10.8. The number of aromatic nitrogens is 1. The van der Waals surface area contributed by atoms with Gasteiger partial charge in [-0.05, 0) is 68.0 Å².